The molecule has 4 nitrogen and oxygen atoms in total. The Morgan fingerprint density at radius 2 is 1.92 bits per heavy atom. The third-order valence-electron chi connectivity index (χ3n) is 4.35. The number of furan rings is 1. The molecule has 0 saturated heterocycles. The molecule has 1 aliphatic carbocycles. The molecular formula is C19H20FNO3. The summed E-state index contributed by atoms with van der Waals surface area (Å²) in [5, 5.41) is 2.75. The highest BCUT2D eigenvalue weighted by atomic mass is 19.1. The van der Waals surface area contributed by atoms with E-state index in [0.717, 1.165) is 5.56 Å². The molecule has 1 N–H and O–H groups in total. The van der Waals surface area contributed by atoms with Gasteiger partial charge in [0.2, 0.25) is 0 Å². The lowest BCUT2D eigenvalue weighted by Crippen LogP contribution is -2.26. The number of hydrogen-bond acceptors (Lipinski definition) is 3. The van der Waals surface area contributed by atoms with Crippen molar-refractivity contribution in [2.75, 3.05) is 0 Å². The van der Waals surface area contributed by atoms with Crippen LogP contribution in [-0.2, 0) is 13.0 Å². The third kappa shape index (κ3) is 3.11. The fraction of sp³-hybridized carbons (Fsp3) is 0.368. The first kappa shape index (κ1) is 16.4. The molecule has 1 aromatic carbocycles. The lowest BCUT2D eigenvalue weighted by Gasteiger charge is -2.27. The van der Waals surface area contributed by atoms with Gasteiger partial charge in [0, 0.05) is 24.9 Å². The van der Waals surface area contributed by atoms with Crippen molar-refractivity contribution in [3.63, 3.8) is 0 Å². The maximum absolute atomic E-state index is 12.9. The Hall–Kier alpha value is -2.43. The van der Waals surface area contributed by atoms with Crippen molar-refractivity contribution in [1.29, 1.82) is 0 Å². The molecule has 0 saturated carbocycles. The number of benzene rings is 1. The zero-order chi connectivity index (χ0) is 17.5. The van der Waals surface area contributed by atoms with Gasteiger partial charge in [-0.1, -0.05) is 26.0 Å². The smallest absolute Gasteiger partial charge is 0.287 e. The van der Waals surface area contributed by atoms with Crippen LogP contribution in [-0.4, -0.2) is 11.7 Å². The van der Waals surface area contributed by atoms with Gasteiger partial charge in [-0.3, -0.25) is 9.59 Å². The van der Waals surface area contributed by atoms with Crippen LogP contribution in [0.3, 0.4) is 0 Å². The first-order valence-electron chi connectivity index (χ1n) is 7.95. The highest BCUT2D eigenvalue weighted by Gasteiger charge is 2.36. The number of fused-ring (bicyclic) bond motifs is 1. The number of amides is 1. The maximum atomic E-state index is 12.9. The van der Waals surface area contributed by atoms with E-state index in [1.807, 2.05) is 13.8 Å². The summed E-state index contributed by atoms with van der Waals surface area (Å²) in [5.74, 6) is 0.131. The largest absolute Gasteiger partial charge is 0.455 e. The van der Waals surface area contributed by atoms with Crippen LogP contribution in [0.2, 0.25) is 0 Å². The summed E-state index contributed by atoms with van der Waals surface area (Å²) in [6.45, 7) is 6.04. The minimum atomic E-state index is -0.364. The molecule has 0 atom stereocenters. The zero-order valence-electron chi connectivity index (χ0n) is 14.0. The van der Waals surface area contributed by atoms with Crippen molar-refractivity contribution in [3.8, 4) is 0 Å². The number of rotatable bonds is 3. The summed E-state index contributed by atoms with van der Waals surface area (Å²) in [7, 11) is 0. The van der Waals surface area contributed by atoms with Gasteiger partial charge in [-0.25, -0.2) is 4.39 Å². The van der Waals surface area contributed by atoms with Crippen LogP contribution < -0.4 is 5.32 Å². The molecule has 1 aromatic heterocycles. The number of halogens is 1. The van der Waals surface area contributed by atoms with Crippen LogP contribution in [0, 0.1) is 18.2 Å². The lowest BCUT2D eigenvalue weighted by atomic mass is 9.76. The molecule has 1 amide bonds. The fourth-order valence-corrected chi connectivity index (χ4v) is 3.16. The Bertz CT molecular complexity index is 803. The molecule has 1 heterocycles. The Labute approximate surface area is 140 Å². The van der Waals surface area contributed by atoms with Crippen LogP contribution in [0.5, 0.6) is 0 Å². The van der Waals surface area contributed by atoms with Crippen LogP contribution >= 0.6 is 0 Å². The van der Waals surface area contributed by atoms with E-state index in [-0.39, 0.29) is 35.2 Å². The quantitative estimate of drug-likeness (QED) is 0.931. The Balaban J connectivity index is 1.79. The number of nitrogens with one attached hydrogen (secondary N) is 1. The van der Waals surface area contributed by atoms with Crippen molar-refractivity contribution in [1.82, 2.24) is 5.32 Å². The zero-order valence-corrected chi connectivity index (χ0v) is 14.0. The van der Waals surface area contributed by atoms with Crippen molar-refractivity contribution in [2.45, 2.75) is 40.2 Å². The molecule has 3 rings (SSSR count). The topological polar surface area (TPSA) is 59.3 Å². The van der Waals surface area contributed by atoms with Crippen LogP contribution in [0.25, 0.3) is 0 Å². The Morgan fingerprint density at radius 1 is 1.25 bits per heavy atom. The summed E-state index contributed by atoms with van der Waals surface area (Å²) in [5.41, 5.74) is 1.79. The van der Waals surface area contributed by atoms with Gasteiger partial charge < -0.3 is 9.73 Å². The van der Waals surface area contributed by atoms with Gasteiger partial charge in [-0.05, 0) is 30.0 Å². The van der Waals surface area contributed by atoms with Gasteiger partial charge in [-0.2, -0.15) is 0 Å². The van der Waals surface area contributed by atoms with Crippen LogP contribution in [0.4, 0.5) is 4.39 Å². The van der Waals surface area contributed by atoms with Crippen molar-refractivity contribution >= 4 is 11.7 Å². The molecule has 0 unspecified atom stereocenters. The van der Waals surface area contributed by atoms with Gasteiger partial charge >= 0.3 is 0 Å². The molecule has 2 aromatic rings. The fourth-order valence-electron chi connectivity index (χ4n) is 3.16. The van der Waals surface area contributed by atoms with E-state index in [4.69, 9.17) is 4.42 Å². The molecule has 0 fully saturated rings. The first-order chi connectivity index (χ1) is 11.3. The van der Waals surface area contributed by atoms with Gasteiger partial charge in [0.1, 0.15) is 11.6 Å². The molecule has 0 bridgehead atoms. The Morgan fingerprint density at radius 3 is 2.58 bits per heavy atom. The van der Waals surface area contributed by atoms with E-state index in [0.29, 0.717) is 29.7 Å². The Kier molecular flexibility index (Phi) is 4.03. The predicted molar refractivity (Wildman–Crippen MR) is 87.4 cm³/mol. The van der Waals surface area contributed by atoms with E-state index in [1.54, 1.807) is 19.1 Å². The molecule has 126 valence electrons. The molecule has 5 heteroatoms. The molecule has 0 spiro atoms. The van der Waals surface area contributed by atoms with Crippen molar-refractivity contribution in [2.24, 2.45) is 5.41 Å². The second-order valence-electron chi connectivity index (χ2n) is 7.10. The number of carbonyl (C=O) groups excluding carboxylic acids is 2. The van der Waals surface area contributed by atoms with Crippen molar-refractivity contribution in [3.05, 3.63) is 58.3 Å². The van der Waals surface area contributed by atoms with Crippen LogP contribution in [0.15, 0.2) is 28.7 Å². The molecular weight excluding hydrogens is 309 g/mol. The van der Waals surface area contributed by atoms with Crippen molar-refractivity contribution < 1.29 is 18.4 Å². The second kappa shape index (κ2) is 5.89. The van der Waals surface area contributed by atoms with Crippen LogP contribution in [0.1, 0.15) is 58.1 Å². The summed E-state index contributed by atoms with van der Waals surface area (Å²) >= 11 is 0. The average Bonchev–Trinajstić information content (AvgIpc) is 2.82. The van der Waals surface area contributed by atoms with Gasteiger partial charge in [-0.15, -0.1) is 0 Å². The molecule has 0 aliphatic heterocycles. The number of Topliss-reactive ketones (excluding diaryl/α,β-unsaturated/α-hetero) is 1. The van der Waals surface area contributed by atoms with Gasteiger partial charge in [0.05, 0.1) is 5.56 Å². The number of hydrogen-bond donors (Lipinski definition) is 1. The average molecular weight is 329 g/mol. The minimum Gasteiger partial charge on any atom is -0.455 e. The summed E-state index contributed by atoms with van der Waals surface area (Å²) in [6, 6.07) is 5.92. The third-order valence-corrected chi connectivity index (χ3v) is 4.35. The molecule has 1 aliphatic rings. The first-order valence-corrected chi connectivity index (χ1v) is 7.95. The second-order valence-corrected chi connectivity index (χ2v) is 7.10. The van der Waals surface area contributed by atoms with E-state index in [2.05, 4.69) is 5.32 Å². The van der Waals surface area contributed by atoms with E-state index in [1.165, 1.54) is 12.1 Å². The standard InChI is InChI=1S/C19H20FNO3/c1-11-16-14(22)8-19(2,3)9-15(16)24-17(11)18(23)21-10-12-4-6-13(20)7-5-12/h4-7H,8-10H2,1-3H3,(H,21,23). The summed E-state index contributed by atoms with van der Waals surface area (Å²) in [6.07, 6.45) is 1.09. The number of carbonyl (C=O) groups is 2. The van der Waals surface area contributed by atoms with E-state index >= 15 is 0 Å². The maximum Gasteiger partial charge on any atom is 0.287 e. The highest BCUT2D eigenvalue weighted by molar-refractivity contribution is 6.03. The van der Waals surface area contributed by atoms with Gasteiger partial charge in [0.15, 0.2) is 11.5 Å². The SMILES string of the molecule is Cc1c(C(=O)NCc2ccc(F)cc2)oc2c1C(=O)CC(C)(C)C2. The normalized spacial score (nSPS) is 15.9. The lowest BCUT2D eigenvalue weighted by molar-refractivity contribution is 0.0888. The highest BCUT2D eigenvalue weighted by Crippen LogP contribution is 2.38. The number of ketones is 1. The molecule has 0 radical (unpaired) electrons. The summed E-state index contributed by atoms with van der Waals surface area (Å²) < 4.78 is 18.6. The molecule has 24 heavy (non-hydrogen) atoms. The van der Waals surface area contributed by atoms with E-state index < -0.39 is 0 Å². The minimum absolute atomic E-state index is 0.0279. The van der Waals surface area contributed by atoms with E-state index in [9.17, 15) is 14.0 Å². The van der Waals surface area contributed by atoms with Gasteiger partial charge in [0.25, 0.3) is 5.91 Å². The summed E-state index contributed by atoms with van der Waals surface area (Å²) in [4.78, 5) is 24.7. The monoisotopic (exact) mass is 329 g/mol. The predicted octanol–water partition coefficient (Wildman–Crippen LogP) is 3.81.